The summed E-state index contributed by atoms with van der Waals surface area (Å²) in [4.78, 5) is 0. The second-order valence-electron chi connectivity index (χ2n) is 4.70. The van der Waals surface area contributed by atoms with Crippen LogP contribution in [0.4, 0.5) is 0 Å². The van der Waals surface area contributed by atoms with Gasteiger partial charge in [-0.3, -0.25) is 0 Å². The summed E-state index contributed by atoms with van der Waals surface area (Å²) in [5, 5.41) is 9.21. The fourth-order valence-corrected chi connectivity index (χ4v) is 2.20. The van der Waals surface area contributed by atoms with Crippen molar-refractivity contribution in [1.82, 2.24) is 0 Å². The molecule has 0 spiro atoms. The third-order valence-electron chi connectivity index (χ3n) is 3.33. The molecular formula is C14H17NO. The minimum atomic E-state index is -0.231. The molecule has 0 unspecified atom stereocenters. The first kappa shape index (κ1) is 11.0. The molecule has 1 aromatic carbocycles. The molecule has 0 N–H and O–H groups in total. The molecule has 0 radical (unpaired) electrons. The fourth-order valence-electron chi connectivity index (χ4n) is 2.20. The second kappa shape index (κ2) is 4.57. The van der Waals surface area contributed by atoms with Crippen LogP contribution in [0.5, 0.6) is 5.75 Å². The highest BCUT2D eigenvalue weighted by molar-refractivity contribution is 5.26. The van der Waals surface area contributed by atoms with Gasteiger partial charge in [-0.05, 0) is 31.9 Å². The molecule has 84 valence electrons. The van der Waals surface area contributed by atoms with Crippen molar-refractivity contribution < 1.29 is 4.74 Å². The molecule has 1 aliphatic rings. The topological polar surface area (TPSA) is 33.0 Å². The Morgan fingerprint density at radius 2 is 1.88 bits per heavy atom. The van der Waals surface area contributed by atoms with Gasteiger partial charge in [0.05, 0.1) is 11.5 Å². The lowest BCUT2D eigenvalue weighted by molar-refractivity contribution is 0.201. The van der Waals surface area contributed by atoms with Crippen LogP contribution in [0.1, 0.15) is 31.2 Å². The van der Waals surface area contributed by atoms with Gasteiger partial charge in [0.15, 0.2) is 0 Å². The molecule has 0 aliphatic heterocycles. The van der Waals surface area contributed by atoms with Gasteiger partial charge in [0, 0.05) is 0 Å². The minimum absolute atomic E-state index is 0.231. The van der Waals surface area contributed by atoms with Crippen LogP contribution >= 0.6 is 0 Å². The van der Waals surface area contributed by atoms with Crippen molar-refractivity contribution in [3.05, 3.63) is 29.8 Å². The van der Waals surface area contributed by atoms with E-state index < -0.39 is 0 Å². The number of aryl methyl sites for hydroxylation is 1. The quantitative estimate of drug-likeness (QED) is 0.773. The van der Waals surface area contributed by atoms with Crippen LogP contribution < -0.4 is 4.74 Å². The highest BCUT2D eigenvalue weighted by Crippen LogP contribution is 2.37. The number of nitriles is 1. The highest BCUT2D eigenvalue weighted by Gasteiger charge is 2.34. The average molecular weight is 215 g/mol. The second-order valence-corrected chi connectivity index (χ2v) is 4.70. The van der Waals surface area contributed by atoms with Crippen molar-refractivity contribution >= 4 is 0 Å². The van der Waals surface area contributed by atoms with Crippen LogP contribution in [0.25, 0.3) is 0 Å². The third-order valence-corrected chi connectivity index (χ3v) is 3.33. The van der Waals surface area contributed by atoms with E-state index in [4.69, 9.17) is 4.74 Å². The molecular weight excluding hydrogens is 198 g/mol. The van der Waals surface area contributed by atoms with Crippen molar-refractivity contribution in [1.29, 1.82) is 5.26 Å². The van der Waals surface area contributed by atoms with Gasteiger partial charge in [0.2, 0.25) is 0 Å². The van der Waals surface area contributed by atoms with Gasteiger partial charge in [0.1, 0.15) is 12.4 Å². The summed E-state index contributed by atoms with van der Waals surface area (Å²) >= 11 is 0. The number of rotatable bonds is 3. The summed E-state index contributed by atoms with van der Waals surface area (Å²) in [5.41, 5.74) is 0.994. The van der Waals surface area contributed by atoms with Gasteiger partial charge in [-0.2, -0.15) is 5.26 Å². The van der Waals surface area contributed by atoms with Crippen molar-refractivity contribution in [2.75, 3.05) is 6.61 Å². The normalized spacial score (nSPS) is 18.0. The zero-order chi connectivity index (χ0) is 11.4. The Morgan fingerprint density at radius 3 is 2.44 bits per heavy atom. The van der Waals surface area contributed by atoms with Crippen molar-refractivity contribution in [2.45, 2.75) is 32.6 Å². The van der Waals surface area contributed by atoms with Crippen LogP contribution in [-0.4, -0.2) is 6.61 Å². The van der Waals surface area contributed by atoms with Crippen LogP contribution in [0.2, 0.25) is 0 Å². The molecule has 1 fully saturated rings. The van der Waals surface area contributed by atoms with E-state index in [9.17, 15) is 5.26 Å². The number of nitrogens with zero attached hydrogens (tertiary/aromatic N) is 1. The summed E-state index contributed by atoms with van der Waals surface area (Å²) in [6, 6.07) is 10.4. The molecule has 2 nitrogen and oxygen atoms in total. The van der Waals surface area contributed by atoms with Gasteiger partial charge < -0.3 is 4.74 Å². The molecule has 2 rings (SSSR count). The molecule has 0 amide bonds. The summed E-state index contributed by atoms with van der Waals surface area (Å²) in [6.07, 6.45) is 4.28. The number of benzene rings is 1. The van der Waals surface area contributed by atoms with Gasteiger partial charge in [-0.1, -0.05) is 30.5 Å². The molecule has 0 saturated heterocycles. The van der Waals surface area contributed by atoms with E-state index in [1.54, 1.807) is 0 Å². The van der Waals surface area contributed by atoms with Crippen LogP contribution in [0.3, 0.4) is 0 Å². The van der Waals surface area contributed by atoms with Gasteiger partial charge >= 0.3 is 0 Å². The van der Waals surface area contributed by atoms with E-state index in [0.29, 0.717) is 6.61 Å². The maximum absolute atomic E-state index is 9.21. The van der Waals surface area contributed by atoms with Gasteiger partial charge in [-0.25, -0.2) is 0 Å². The van der Waals surface area contributed by atoms with E-state index >= 15 is 0 Å². The molecule has 0 aromatic heterocycles. The molecule has 2 heteroatoms. The molecule has 1 saturated carbocycles. The third kappa shape index (κ3) is 2.36. The Balaban J connectivity index is 1.96. The number of hydrogen-bond donors (Lipinski definition) is 0. The summed E-state index contributed by atoms with van der Waals surface area (Å²) in [5.74, 6) is 0.868. The lowest BCUT2D eigenvalue weighted by Gasteiger charge is -2.20. The van der Waals surface area contributed by atoms with Crippen molar-refractivity contribution in [2.24, 2.45) is 5.41 Å². The van der Waals surface area contributed by atoms with Gasteiger partial charge in [0.25, 0.3) is 0 Å². The molecule has 0 atom stereocenters. The first-order valence-electron chi connectivity index (χ1n) is 5.85. The molecule has 16 heavy (non-hydrogen) atoms. The smallest absolute Gasteiger partial charge is 0.119 e. The predicted octanol–water partition coefficient (Wildman–Crippen LogP) is 3.46. The summed E-state index contributed by atoms with van der Waals surface area (Å²) < 4.78 is 5.72. The molecule has 1 aromatic rings. The van der Waals surface area contributed by atoms with Crippen molar-refractivity contribution in [3.63, 3.8) is 0 Å². The zero-order valence-corrected chi connectivity index (χ0v) is 9.70. The minimum Gasteiger partial charge on any atom is -0.492 e. The van der Waals surface area contributed by atoms with Crippen LogP contribution in [-0.2, 0) is 0 Å². The SMILES string of the molecule is Cc1ccc(OCC2(C#N)CCCC2)cc1. The monoisotopic (exact) mass is 215 g/mol. The maximum Gasteiger partial charge on any atom is 0.119 e. The number of hydrogen-bond acceptors (Lipinski definition) is 2. The molecule has 1 aliphatic carbocycles. The zero-order valence-electron chi connectivity index (χ0n) is 9.70. The molecule has 0 heterocycles. The first-order chi connectivity index (χ1) is 7.74. The van der Waals surface area contributed by atoms with Gasteiger partial charge in [-0.15, -0.1) is 0 Å². The molecule has 0 bridgehead atoms. The number of ether oxygens (including phenoxy) is 1. The van der Waals surface area contributed by atoms with E-state index in [0.717, 1.165) is 31.4 Å². The fraction of sp³-hybridized carbons (Fsp3) is 0.500. The Labute approximate surface area is 96.9 Å². The van der Waals surface area contributed by atoms with E-state index in [2.05, 4.69) is 13.0 Å². The maximum atomic E-state index is 9.21. The summed E-state index contributed by atoms with van der Waals surface area (Å²) in [7, 11) is 0. The summed E-state index contributed by atoms with van der Waals surface area (Å²) in [6.45, 7) is 2.59. The van der Waals surface area contributed by atoms with E-state index in [-0.39, 0.29) is 5.41 Å². The Morgan fingerprint density at radius 1 is 1.25 bits per heavy atom. The Hall–Kier alpha value is -1.49. The van der Waals surface area contributed by atoms with Crippen LogP contribution in [0.15, 0.2) is 24.3 Å². The lowest BCUT2D eigenvalue weighted by Crippen LogP contribution is -2.23. The predicted molar refractivity (Wildman–Crippen MR) is 63.2 cm³/mol. The first-order valence-corrected chi connectivity index (χ1v) is 5.85. The van der Waals surface area contributed by atoms with E-state index in [1.165, 1.54) is 5.56 Å². The van der Waals surface area contributed by atoms with E-state index in [1.807, 2.05) is 24.3 Å². The Bertz CT molecular complexity index is 382. The highest BCUT2D eigenvalue weighted by atomic mass is 16.5. The lowest BCUT2D eigenvalue weighted by atomic mass is 9.89. The largest absolute Gasteiger partial charge is 0.492 e. The Kier molecular flexibility index (Phi) is 3.14. The van der Waals surface area contributed by atoms with Crippen molar-refractivity contribution in [3.8, 4) is 11.8 Å². The average Bonchev–Trinajstić information content (AvgIpc) is 2.78. The standard InChI is InChI=1S/C14H17NO/c1-12-4-6-13(7-5-12)16-11-14(10-15)8-2-3-9-14/h4-7H,2-3,8-9,11H2,1H3. The van der Waals surface area contributed by atoms with Crippen LogP contribution in [0, 0.1) is 23.7 Å².